The van der Waals surface area contributed by atoms with Gasteiger partial charge in [-0.1, -0.05) is 13.8 Å². The molecule has 2 N–H and O–H groups in total. The van der Waals surface area contributed by atoms with Crippen LogP contribution in [0.2, 0.25) is 0 Å². The van der Waals surface area contributed by atoms with Crippen molar-refractivity contribution >= 4 is 12.0 Å². The van der Waals surface area contributed by atoms with E-state index in [-0.39, 0.29) is 30.0 Å². The number of amides is 2. The number of carboxylic acids is 1. The van der Waals surface area contributed by atoms with Crippen LogP contribution in [0.15, 0.2) is 0 Å². The third kappa shape index (κ3) is 3.85. The Labute approximate surface area is 119 Å². The predicted octanol–water partition coefficient (Wildman–Crippen LogP) is 1.45. The zero-order valence-electron chi connectivity index (χ0n) is 12.2. The van der Waals surface area contributed by atoms with E-state index in [1.165, 1.54) is 0 Å². The summed E-state index contributed by atoms with van der Waals surface area (Å²) in [6, 6.07) is -0.316. The summed E-state index contributed by atoms with van der Waals surface area (Å²) < 4.78 is 5.28. The van der Waals surface area contributed by atoms with Crippen molar-refractivity contribution < 1.29 is 19.4 Å². The van der Waals surface area contributed by atoms with E-state index in [2.05, 4.69) is 19.2 Å². The van der Waals surface area contributed by atoms with Gasteiger partial charge < -0.3 is 20.1 Å². The predicted molar refractivity (Wildman–Crippen MR) is 73.5 cm³/mol. The van der Waals surface area contributed by atoms with Gasteiger partial charge in [-0.25, -0.2) is 4.79 Å². The van der Waals surface area contributed by atoms with Gasteiger partial charge >= 0.3 is 12.0 Å². The molecular weight excluding hydrogens is 260 g/mol. The fraction of sp³-hybridized carbons (Fsp3) is 0.857. The Morgan fingerprint density at radius 3 is 2.80 bits per heavy atom. The summed E-state index contributed by atoms with van der Waals surface area (Å²) in [5.74, 6) is -0.903. The number of nitrogens with zero attached hydrogens (tertiary/aromatic N) is 1. The fourth-order valence-electron chi connectivity index (χ4n) is 3.11. The molecule has 2 aliphatic rings. The van der Waals surface area contributed by atoms with Crippen LogP contribution >= 0.6 is 0 Å². The molecule has 1 aliphatic heterocycles. The second kappa shape index (κ2) is 5.99. The quantitative estimate of drug-likeness (QED) is 0.822. The van der Waals surface area contributed by atoms with Gasteiger partial charge in [0.25, 0.3) is 0 Å². The maximum atomic E-state index is 12.3. The minimum absolute atomic E-state index is 0.0659. The van der Waals surface area contributed by atoms with Crippen LogP contribution in [0.5, 0.6) is 0 Å². The van der Waals surface area contributed by atoms with Crippen molar-refractivity contribution in [1.82, 2.24) is 10.2 Å². The second-order valence-electron chi connectivity index (χ2n) is 6.57. The third-order valence-electron chi connectivity index (χ3n) is 4.19. The molecule has 114 valence electrons. The topological polar surface area (TPSA) is 78.9 Å². The molecule has 1 saturated heterocycles. The largest absolute Gasteiger partial charge is 0.481 e. The number of rotatable bonds is 3. The van der Waals surface area contributed by atoms with Crippen LogP contribution in [0.4, 0.5) is 4.79 Å². The molecule has 2 atom stereocenters. The maximum Gasteiger partial charge on any atom is 0.318 e. The molecule has 6 nitrogen and oxygen atoms in total. The Hall–Kier alpha value is -1.30. The van der Waals surface area contributed by atoms with Gasteiger partial charge in [0, 0.05) is 12.6 Å². The normalized spacial score (nSPS) is 29.2. The van der Waals surface area contributed by atoms with E-state index in [0.29, 0.717) is 19.8 Å². The first-order valence-electron chi connectivity index (χ1n) is 7.24. The molecule has 0 bridgehead atoms. The molecule has 0 aromatic heterocycles. The smallest absolute Gasteiger partial charge is 0.318 e. The number of hydrogen-bond acceptors (Lipinski definition) is 3. The molecule has 1 aliphatic carbocycles. The first-order valence-corrected chi connectivity index (χ1v) is 7.24. The highest BCUT2D eigenvalue weighted by Crippen LogP contribution is 2.37. The molecule has 2 rings (SSSR count). The van der Waals surface area contributed by atoms with E-state index in [4.69, 9.17) is 9.84 Å². The van der Waals surface area contributed by atoms with Crippen molar-refractivity contribution in [3.63, 3.8) is 0 Å². The van der Waals surface area contributed by atoms with E-state index in [1.807, 2.05) is 0 Å². The highest BCUT2D eigenvalue weighted by Gasteiger charge is 2.34. The van der Waals surface area contributed by atoms with Crippen LogP contribution in [0.3, 0.4) is 0 Å². The molecule has 2 unspecified atom stereocenters. The molecule has 1 saturated carbocycles. The lowest BCUT2D eigenvalue weighted by atomic mass is 9.92. The number of aliphatic carboxylic acids is 1. The molecule has 0 aromatic rings. The van der Waals surface area contributed by atoms with Gasteiger partial charge in [0.15, 0.2) is 0 Å². The maximum absolute atomic E-state index is 12.3. The summed E-state index contributed by atoms with van der Waals surface area (Å²) in [4.78, 5) is 24.8. The van der Waals surface area contributed by atoms with Crippen molar-refractivity contribution in [3.8, 4) is 0 Å². The average Bonchev–Trinajstić information content (AvgIpc) is 2.68. The van der Waals surface area contributed by atoms with E-state index in [9.17, 15) is 9.59 Å². The van der Waals surface area contributed by atoms with Crippen LogP contribution in [0.25, 0.3) is 0 Å². The summed E-state index contributed by atoms with van der Waals surface area (Å²) in [6.07, 6.45) is 3.02. The molecule has 0 radical (unpaired) electrons. The van der Waals surface area contributed by atoms with Crippen molar-refractivity contribution in [2.75, 3.05) is 19.8 Å². The first-order chi connectivity index (χ1) is 9.37. The third-order valence-corrected chi connectivity index (χ3v) is 4.19. The lowest BCUT2D eigenvalue weighted by Crippen LogP contribution is -2.54. The Kier molecular flexibility index (Phi) is 4.52. The zero-order chi connectivity index (χ0) is 14.8. The molecular formula is C14H24N2O4. The Morgan fingerprint density at radius 1 is 1.45 bits per heavy atom. The lowest BCUT2D eigenvalue weighted by molar-refractivity contribution is -0.139. The van der Waals surface area contributed by atoms with Crippen molar-refractivity contribution in [3.05, 3.63) is 0 Å². The number of hydrogen-bond donors (Lipinski definition) is 2. The zero-order valence-corrected chi connectivity index (χ0v) is 12.2. The number of urea groups is 1. The van der Waals surface area contributed by atoms with E-state index < -0.39 is 5.97 Å². The highest BCUT2D eigenvalue weighted by atomic mass is 16.5. The summed E-state index contributed by atoms with van der Waals surface area (Å²) in [7, 11) is 0. The Bertz CT molecular complexity index is 383. The summed E-state index contributed by atoms with van der Waals surface area (Å²) >= 11 is 0. The van der Waals surface area contributed by atoms with E-state index in [1.54, 1.807) is 4.90 Å². The number of ether oxygens (including phenoxy) is 1. The van der Waals surface area contributed by atoms with Crippen LogP contribution in [-0.2, 0) is 9.53 Å². The minimum Gasteiger partial charge on any atom is -0.481 e. The van der Waals surface area contributed by atoms with Crippen LogP contribution < -0.4 is 5.32 Å². The van der Waals surface area contributed by atoms with Crippen molar-refractivity contribution in [2.45, 2.75) is 51.6 Å². The minimum atomic E-state index is -0.903. The summed E-state index contributed by atoms with van der Waals surface area (Å²) in [5, 5.41) is 12.0. The average molecular weight is 284 g/mol. The number of carbonyl (C=O) groups excluding carboxylic acids is 1. The SMILES string of the molecule is CC1(C)CCC(NC(=O)N2CCOCC2CC(=O)O)C1. The molecule has 0 spiro atoms. The fourth-order valence-corrected chi connectivity index (χ4v) is 3.11. The van der Waals surface area contributed by atoms with E-state index >= 15 is 0 Å². The van der Waals surface area contributed by atoms with Crippen LogP contribution in [0.1, 0.15) is 39.5 Å². The second-order valence-corrected chi connectivity index (χ2v) is 6.57. The van der Waals surface area contributed by atoms with Gasteiger partial charge in [0.1, 0.15) is 0 Å². The Morgan fingerprint density at radius 2 is 2.20 bits per heavy atom. The molecule has 2 amide bonds. The molecule has 20 heavy (non-hydrogen) atoms. The number of morpholine rings is 1. The molecule has 6 heteroatoms. The molecule has 1 heterocycles. The lowest BCUT2D eigenvalue weighted by Gasteiger charge is -2.35. The van der Waals surface area contributed by atoms with Gasteiger partial charge in [0.2, 0.25) is 0 Å². The molecule has 2 fully saturated rings. The van der Waals surface area contributed by atoms with Gasteiger partial charge in [0.05, 0.1) is 25.7 Å². The van der Waals surface area contributed by atoms with Crippen LogP contribution in [-0.4, -0.2) is 53.8 Å². The van der Waals surface area contributed by atoms with Crippen LogP contribution in [0, 0.1) is 5.41 Å². The number of carboxylic acid groups (broad SMARTS) is 1. The summed E-state index contributed by atoms with van der Waals surface area (Å²) in [5.41, 5.74) is 0.281. The first kappa shape index (κ1) is 15.1. The van der Waals surface area contributed by atoms with E-state index in [0.717, 1.165) is 19.3 Å². The Balaban J connectivity index is 1.91. The standard InChI is InChI=1S/C14H24N2O4/c1-14(2)4-3-10(8-14)15-13(19)16-5-6-20-9-11(16)7-12(17)18/h10-11H,3-9H2,1-2H3,(H,15,19)(H,17,18). The van der Waals surface area contributed by atoms with Gasteiger partial charge in [-0.3, -0.25) is 4.79 Å². The summed E-state index contributed by atoms with van der Waals surface area (Å²) in [6.45, 7) is 5.65. The monoisotopic (exact) mass is 284 g/mol. The van der Waals surface area contributed by atoms with Gasteiger partial charge in [-0.15, -0.1) is 0 Å². The van der Waals surface area contributed by atoms with Crippen molar-refractivity contribution in [2.24, 2.45) is 5.41 Å². The molecule has 0 aromatic carbocycles. The van der Waals surface area contributed by atoms with Crippen molar-refractivity contribution in [1.29, 1.82) is 0 Å². The van der Waals surface area contributed by atoms with Gasteiger partial charge in [-0.05, 0) is 24.7 Å². The number of nitrogens with one attached hydrogen (secondary N) is 1. The number of carbonyl (C=O) groups is 2. The highest BCUT2D eigenvalue weighted by molar-refractivity contribution is 5.76. The van der Waals surface area contributed by atoms with Gasteiger partial charge in [-0.2, -0.15) is 0 Å².